The number of hydrogen-bond donors (Lipinski definition) is 0. The number of anilines is 1. The molecule has 2 aromatic heterocycles. The predicted octanol–water partition coefficient (Wildman–Crippen LogP) is 4.72. The first-order chi connectivity index (χ1) is 13.1. The molecule has 1 unspecified atom stereocenters. The molecule has 4 nitrogen and oxygen atoms in total. The average Bonchev–Trinajstić information content (AvgIpc) is 3.15. The van der Waals surface area contributed by atoms with E-state index in [4.69, 9.17) is 4.74 Å². The van der Waals surface area contributed by atoms with Crippen molar-refractivity contribution in [1.29, 1.82) is 0 Å². The van der Waals surface area contributed by atoms with Gasteiger partial charge in [-0.25, -0.2) is 13.8 Å². The highest BCUT2D eigenvalue weighted by molar-refractivity contribution is 5.66. The van der Waals surface area contributed by atoms with E-state index in [1.54, 1.807) is 6.33 Å². The Balaban J connectivity index is 1.37. The maximum atomic E-state index is 13.4. The van der Waals surface area contributed by atoms with Crippen molar-refractivity contribution < 1.29 is 13.5 Å². The fourth-order valence-corrected chi connectivity index (χ4v) is 3.70. The molecule has 2 aliphatic heterocycles. The van der Waals surface area contributed by atoms with Crippen molar-refractivity contribution >= 4 is 17.3 Å². The quantitative estimate of drug-likeness (QED) is 0.657. The lowest BCUT2D eigenvalue weighted by atomic mass is 10.0. The Labute approximate surface area is 155 Å². The molecule has 1 saturated heterocycles. The zero-order chi connectivity index (χ0) is 18.4. The van der Waals surface area contributed by atoms with Gasteiger partial charge in [-0.2, -0.15) is 0 Å². The molecule has 0 N–H and O–H groups in total. The van der Waals surface area contributed by atoms with Crippen LogP contribution in [0.5, 0.6) is 5.75 Å². The monoisotopic (exact) mass is 367 g/mol. The van der Waals surface area contributed by atoms with Crippen LogP contribution in [-0.4, -0.2) is 28.4 Å². The highest BCUT2D eigenvalue weighted by Crippen LogP contribution is 2.36. The van der Waals surface area contributed by atoms with Crippen LogP contribution in [0.1, 0.15) is 30.2 Å². The van der Waals surface area contributed by atoms with Crippen LogP contribution in [0.15, 0.2) is 55.0 Å². The summed E-state index contributed by atoms with van der Waals surface area (Å²) in [5.41, 5.74) is 3.85. The maximum Gasteiger partial charge on any atom is 0.251 e. The van der Waals surface area contributed by atoms with Gasteiger partial charge >= 0.3 is 0 Å². The van der Waals surface area contributed by atoms with Gasteiger partial charge in [0, 0.05) is 48.9 Å². The maximum absolute atomic E-state index is 13.4. The van der Waals surface area contributed by atoms with Crippen LogP contribution < -0.4 is 9.64 Å². The molecule has 1 aromatic carbocycles. The second-order valence-corrected chi connectivity index (χ2v) is 7.12. The van der Waals surface area contributed by atoms with Crippen LogP contribution in [0, 0.1) is 0 Å². The van der Waals surface area contributed by atoms with Crippen molar-refractivity contribution in [3.05, 3.63) is 66.3 Å². The normalized spacial score (nSPS) is 21.1. The van der Waals surface area contributed by atoms with E-state index >= 15 is 0 Å². The van der Waals surface area contributed by atoms with Crippen molar-refractivity contribution in [1.82, 2.24) is 9.38 Å². The number of hydrogen-bond acceptors (Lipinski definition) is 3. The number of piperidine rings is 1. The molecule has 0 bridgehead atoms. The molecule has 0 spiro atoms. The smallest absolute Gasteiger partial charge is 0.251 e. The molecule has 5 rings (SSSR count). The fourth-order valence-electron chi connectivity index (χ4n) is 3.70. The van der Waals surface area contributed by atoms with Crippen LogP contribution in [-0.2, 0) is 0 Å². The minimum absolute atomic E-state index is 0.0909. The zero-order valence-corrected chi connectivity index (χ0v) is 14.7. The first-order valence-corrected chi connectivity index (χ1v) is 9.12. The van der Waals surface area contributed by atoms with Gasteiger partial charge in [0.25, 0.3) is 5.92 Å². The van der Waals surface area contributed by atoms with E-state index in [-0.39, 0.29) is 18.9 Å². The molecule has 4 heterocycles. The average molecular weight is 367 g/mol. The van der Waals surface area contributed by atoms with Gasteiger partial charge in [-0.3, -0.25) is 0 Å². The predicted molar refractivity (Wildman–Crippen MR) is 100 cm³/mol. The van der Waals surface area contributed by atoms with Crippen molar-refractivity contribution in [2.45, 2.75) is 24.9 Å². The summed E-state index contributed by atoms with van der Waals surface area (Å²) in [4.78, 5) is 6.50. The Kier molecular flexibility index (Phi) is 3.67. The molecule has 2 aliphatic rings. The van der Waals surface area contributed by atoms with Crippen molar-refractivity contribution in [3.8, 4) is 5.75 Å². The van der Waals surface area contributed by atoms with Gasteiger partial charge in [0.1, 0.15) is 5.75 Å². The second kappa shape index (κ2) is 6.08. The Morgan fingerprint density at radius 2 is 1.96 bits per heavy atom. The van der Waals surface area contributed by atoms with Crippen LogP contribution in [0.2, 0.25) is 0 Å². The Morgan fingerprint density at radius 3 is 2.81 bits per heavy atom. The molecule has 27 heavy (non-hydrogen) atoms. The topological polar surface area (TPSA) is 29.8 Å². The molecule has 0 radical (unpaired) electrons. The van der Waals surface area contributed by atoms with Gasteiger partial charge < -0.3 is 14.0 Å². The van der Waals surface area contributed by atoms with E-state index < -0.39 is 5.92 Å². The lowest BCUT2D eigenvalue weighted by molar-refractivity contribution is -0.0220. The molecular weight excluding hydrogens is 348 g/mol. The zero-order valence-electron chi connectivity index (χ0n) is 14.7. The van der Waals surface area contributed by atoms with E-state index in [1.807, 2.05) is 64.0 Å². The van der Waals surface area contributed by atoms with E-state index in [0.717, 1.165) is 28.2 Å². The summed E-state index contributed by atoms with van der Waals surface area (Å²) in [5.74, 6) is -1.75. The van der Waals surface area contributed by atoms with E-state index in [0.29, 0.717) is 13.1 Å². The molecule has 0 aliphatic carbocycles. The molecule has 1 atom stereocenters. The van der Waals surface area contributed by atoms with Crippen LogP contribution in [0.3, 0.4) is 0 Å². The Bertz CT molecular complexity index is 1020. The summed E-state index contributed by atoms with van der Waals surface area (Å²) in [6.07, 6.45) is 7.33. The van der Waals surface area contributed by atoms with Crippen molar-refractivity contribution in [3.63, 3.8) is 0 Å². The van der Waals surface area contributed by atoms with Crippen LogP contribution >= 0.6 is 0 Å². The molecular formula is C21H19F2N3O. The summed E-state index contributed by atoms with van der Waals surface area (Å²) in [6, 6.07) is 11.9. The second-order valence-electron chi connectivity index (χ2n) is 7.12. The minimum Gasteiger partial charge on any atom is -0.479 e. The lowest BCUT2D eigenvalue weighted by Gasteiger charge is -2.34. The summed E-state index contributed by atoms with van der Waals surface area (Å²) in [6.45, 7) is 0.750. The van der Waals surface area contributed by atoms with Crippen molar-refractivity contribution in [2.24, 2.45) is 0 Å². The highest BCUT2D eigenvalue weighted by atomic mass is 19.3. The molecule has 138 valence electrons. The van der Waals surface area contributed by atoms with Gasteiger partial charge in [-0.1, -0.05) is 6.08 Å². The summed E-state index contributed by atoms with van der Waals surface area (Å²) in [5, 5.41) is 0. The fraction of sp³-hybridized carbons (Fsp3) is 0.286. The third-order valence-electron chi connectivity index (χ3n) is 5.29. The third kappa shape index (κ3) is 3.05. The number of ether oxygens (including phenoxy) is 1. The number of halogens is 2. The first kappa shape index (κ1) is 16.3. The number of benzene rings is 1. The van der Waals surface area contributed by atoms with Crippen LogP contribution in [0.4, 0.5) is 14.5 Å². The van der Waals surface area contributed by atoms with E-state index in [9.17, 15) is 8.78 Å². The van der Waals surface area contributed by atoms with Gasteiger partial charge in [0.05, 0.1) is 12.0 Å². The van der Waals surface area contributed by atoms with E-state index in [1.165, 1.54) is 0 Å². The first-order valence-electron chi connectivity index (χ1n) is 9.12. The number of fused-ring (bicyclic) bond motifs is 2. The standard InChI is InChI=1S/C21H19F2N3O/c22-21(23)7-10-25(11-8-21)17-4-6-19-15(12-17)3-5-20(27-19)18-13-16-2-1-9-26(16)14-24-18/h1-6,9,12-14,20H,7-8,10-11H2. The Hall–Kier alpha value is -2.89. The number of alkyl halides is 2. The summed E-state index contributed by atoms with van der Waals surface area (Å²) in [7, 11) is 0. The third-order valence-corrected chi connectivity index (χ3v) is 5.29. The highest BCUT2D eigenvalue weighted by Gasteiger charge is 2.34. The van der Waals surface area contributed by atoms with Gasteiger partial charge in [0.15, 0.2) is 6.10 Å². The Morgan fingerprint density at radius 1 is 1.11 bits per heavy atom. The summed E-state index contributed by atoms with van der Waals surface area (Å²) >= 11 is 0. The van der Waals surface area contributed by atoms with Crippen LogP contribution in [0.25, 0.3) is 11.6 Å². The number of nitrogens with zero attached hydrogens (tertiary/aromatic N) is 3. The molecule has 6 heteroatoms. The van der Waals surface area contributed by atoms with Crippen molar-refractivity contribution in [2.75, 3.05) is 18.0 Å². The molecule has 3 aromatic rings. The largest absolute Gasteiger partial charge is 0.479 e. The SMILES string of the molecule is FC1(F)CCN(c2ccc3c(c2)C=CC(c2cc4cccn4cn2)O3)CC1. The van der Waals surface area contributed by atoms with Gasteiger partial charge in [0.2, 0.25) is 0 Å². The molecule has 1 fully saturated rings. The lowest BCUT2D eigenvalue weighted by Crippen LogP contribution is -2.39. The minimum atomic E-state index is -2.53. The summed E-state index contributed by atoms with van der Waals surface area (Å²) < 4.78 is 34.8. The number of rotatable bonds is 2. The molecule has 0 saturated carbocycles. The van der Waals surface area contributed by atoms with Gasteiger partial charge in [-0.15, -0.1) is 0 Å². The van der Waals surface area contributed by atoms with E-state index in [2.05, 4.69) is 4.98 Å². The molecule has 0 amide bonds. The van der Waals surface area contributed by atoms with Gasteiger partial charge in [-0.05, 0) is 42.5 Å². The number of aromatic nitrogens is 2.